The molecule has 0 saturated carbocycles. The molecule has 3 saturated heterocycles. The summed E-state index contributed by atoms with van der Waals surface area (Å²) in [5, 5.41) is -0.479. The van der Waals surface area contributed by atoms with Crippen molar-refractivity contribution in [3.05, 3.63) is 34.7 Å². The highest BCUT2D eigenvalue weighted by Gasteiger charge is 2.49. The molecule has 0 amide bonds. The van der Waals surface area contributed by atoms with Crippen LogP contribution < -0.4 is 15.4 Å². The summed E-state index contributed by atoms with van der Waals surface area (Å²) in [6.07, 6.45) is -2.67. The van der Waals surface area contributed by atoms with Gasteiger partial charge in [-0.05, 0) is 38.4 Å². The maximum Gasteiger partial charge on any atom is 0.418 e. The van der Waals surface area contributed by atoms with Crippen molar-refractivity contribution >= 4 is 34.0 Å². The molecule has 14 heteroatoms. The second-order valence-electron chi connectivity index (χ2n) is 10.9. The topological polar surface area (TPSA) is 89.6 Å². The van der Waals surface area contributed by atoms with Crippen LogP contribution in [0.25, 0.3) is 22.2 Å². The zero-order valence-electron chi connectivity index (χ0n) is 22.1. The summed E-state index contributed by atoms with van der Waals surface area (Å²) in [6, 6.07) is 1.63. The molecule has 0 spiro atoms. The highest BCUT2D eigenvalue weighted by molar-refractivity contribution is 6.32. The first kappa shape index (κ1) is 28.1. The lowest BCUT2D eigenvalue weighted by atomic mass is 9.95. The summed E-state index contributed by atoms with van der Waals surface area (Å²) in [5.41, 5.74) is 2.45. The Morgan fingerprint density at radius 3 is 2.80 bits per heavy atom. The van der Waals surface area contributed by atoms with Crippen molar-refractivity contribution in [2.75, 3.05) is 50.1 Å². The maximum absolute atomic E-state index is 16.3. The Labute approximate surface area is 237 Å². The van der Waals surface area contributed by atoms with E-state index >= 15 is 4.39 Å². The van der Waals surface area contributed by atoms with Crippen LogP contribution in [0.2, 0.25) is 5.02 Å². The minimum Gasteiger partial charge on any atom is -0.461 e. The highest BCUT2D eigenvalue weighted by atomic mass is 35.5. The van der Waals surface area contributed by atoms with Crippen molar-refractivity contribution in [3.63, 3.8) is 0 Å². The van der Waals surface area contributed by atoms with E-state index in [9.17, 15) is 17.6 Å². The molecule has 2 aromatic heterocycles. The van der Waals surface area contributed by atoms with Crippen LogP contribution in [0, 0.1) is 5.82 Å². The van der Waals surface area contributed by atoms with Crippen LogP contribution in [0.4, 0.5) is 33.5 Å². The van der Waals surface area contributed by atoms with Gasteiger partial charge in [-0.25, -0.2) is 8.78 Å². The van der Waals surface area contributed by atoms with Crippen molar-refractivity contribution in [3.8, 4) is 17.3 Å². The van der Waals surface area contributed by atoms with E-state index in [0.717, 1.165) is 31.5 Å². The highest BCUT2D eigenvalue weighted by Crippen LogP contribution is 2.44. The number of anilines is 2. The first-order chi connectivity index (χ1) is 19.5. The standard InChI is InChI=1S/C27H28ClF5N6O2/c1-14-12-40-6-5-39(14)24-18-10-35-22(17-7-16(34)8-19(28)20(17)27(31,32)33)21(30)23(18)36-25(37-24)41-13-26-3-2-4-38(26)11-15(29)9-26/h7-8,10,14-15H,2-6,9,11-13,34H2,1H3/t14-,15+,26-/m0/s1. The minimum absolute atomic E-state index is 0.0862. The number of alkyl halides is 4. The SMILES string of the molecule is C[C@H]1COCCN1c1nc(OC[C@@]23CCCN2C[C@H](F)C3)nc2c(F)c(-c3cc(N)cc(Cl)c3C(F)(F)F)ncc12. The van der Waals surface area contributed by atoms with E-state index in [4.69, 9.17) is 26.8 Å². The molecule has 3 aromatic rings. The summed E-state index contributed by atoms with van der Waals surface area (Å²) < 4.78 is 84.1. The Bertz CT molecular complexity index is 1490. The van der Waals surface area contributed by atoms with Gasteiger partial charge >= 0.3 is 12.2 Å². The number of fused-ring (bicyclic) bond motifs is 2. The molecule has 8 nitrogen and oxygen atoms in total. The third-order valence-corrected chi connectivity index (χ3v) is 8.46. The van der Waals surface area contributed by atoms with E-state index in [2.05, 4.69) is 19.9 Å². The molecule has 3 fully saturated rings. The van der Waals surface area contributed by atoms with Crippen molar-refractivity contribution in [2.24, 2.45) is 0 Å². The predicted molar refractivity (Wildman–Crippen MR) is 143 cm³/mol. The predicted octanol–water partition coefficient (Wildman–Crippen LogP) is 5.27. The molecule has 0 radical (unpaired) electrons. The number of morpholine rings is 1. The molecular formula is C27H28ClF5N6O2. The quantitative estimate of drug-likeness (QED) is 0.314. The van der Waals surface area contributed by atoms with Crippen LogP contribution in [0.5, 0.6) is 6.01 Å². The first-order valence-electron chi connectivity index (χ1n) is 13.4. The summed E-state index contributed by atoms with van der Waals surface area (Å²) in [6.45, 7) is 4.31. The van der Waals surface area contributed by atoms with Crippen molar-refractivity contribution in [1.82, 2.24) is 19.9 Å². The van der Waals surface area contributed by atoms with Crippen molar-refractivity contribution in [1.29, 1.82) is 0 Å². The number of ether oxygens (including phenoxy) is 2. The molecule has 220 valence electrons. The van der Waals surface area contributed by atoms with Gasteiger partial charge in [-0.15, -0.1) is 0 Å². The fourth-order valence-electron chi connectivity index (χ4n) is 6.28. The zero-order chi connectivity index (χ0) is 29.1. The Morgan fingerprint density at radius 1 is 1.24 bits per heavy atom. The molecule has 3 atom stereocenters. The molecule has 6 rings (SSSR count). The zero-order valence-corrected chi connectivity index (χ0v) is 22.9. The maximum atomic E-state index is 16.3. The van der Waals surface area contributed by atoms with Gasteiger partial charge in [0.05, 0.1) is 40.8 Å². The molecule has 41 heavy (non-hydrogen) atoms. The van der Waals surface area contributed by atoms with E-state index in [0.29, 0.717) is 38.5 Å². The van der Waals surface area contributed by atoms with Gasteiger partial charge in [0.15, 0.2) is 5.82 Å². The summed E-state index contributed by atoms with van der Waals surface area (Å²) in [7, 11) is 0. The Kier molecular flexibility index (Phi) is 7.10. The van der Waals surface area contributed by atoms with Gasteiger partial charge in [-0.1, -0.05) is 11.6 Å². The normalized spacial score (nSPS) is 25.2. The average molecular weight is 599 g/mol. The van der Waals surface area contributed by atoms with Crippen LogP contribution in [0.3, 0.4) is 0 Å². The number of nitrogens with two attached hydrogens (primary N) is 1. The van der Waals surface area contributed by atoms with Gasteiger partial charge in [0.2, 0.25) is 0 Å². The summed E-state index contributed by atoms with van der Waals surface area (Å²) in [4.78, 5) is 16.9. The monoisotopic (exact) mass is 598 g/mol. The van der Waals surface area contributed by atoms with Crippen LogP contribution in [0.1, 0.15) is 31.7 Å². The number of hydrogen-bond donors (Lipinski definition) is 1. The Balaban J connectivity index is 1.48. The van der Waals surface area contributed by atoms with Crippen LogP contribution in [-0.2, 0) is 10.9 Å². The van der Waals surface area contributed by atoms with Gasteiger partial charge in [0.25, 0.3) is 0 Å². The van der Waals surface area contributed by atoms with Gasteiger partial charge in [-0.2, -0.15) is 23.1 Å². The lowest BCUT2D eigenvalue weighted by Gasteiger charge is -2.35. The molecule has 3 aliphatic rings. The van der Waals surface area contributed by atoms with Crippen LogP contribution >= 0.6 is 11.6 Å². The molecule has 0 aliphatic carbocycles. The molecule has 5 heterocycles. The fourth-order valence-corrected chi connectivity index (χ4v) is 6.62. The number of rotatable bonds is 5. The number of hydrogen-bond acceptors (Lipinski definition) is 8. The van der Waals surface area contributed by atoms with E-state index < -0.39 is 45.5 Å². The van der Waals surface area contributed by atoms with Gasteiger partial charge in [0, 0.05) is 37.0 Å². The summed E-state index contributed by atoms with van der Waals surface area (Å²) >= 11 is 5.92. The third kappa shape index (κ3) is 5.01. The van der Waals surface area contributed by atoms with Crippen molar-refractivity contribution < 1.29 is 31.4 Å². The third-order valence-electron chi connectivity index (χ3n) is 8.17. The Hall–Kier alpha value is -3.03. The number of halogens is 6. The van der Waals surface area contributed by atoms with Gasteiger partial charge < -0.3 is 20.1 Å². The molecule has 3 aliphatic heterocycles. The van der Waals surface area contributed by atoms with E-state index in [1.54, 1.807) is 0 Å². The number of benzene rings is 1. The summed E-state index contributed by atoms with van der Waals surface area (Å²) in [5.74, 6) is -0.787. The van der Waals surface area contributed by atoms with Gasteiger partial charge in [-0.3, -0.25) is 9.88 Å². The lowest BCUT2D eigenvalue weighted by Crippen LogP contribution is -2.44. The number of nitrogen functional groups attached to an aromatic ring is 1. The van der Waals surface area contributed by atoms with Crippen LogP contribution in [0.15, 0.2) is 18.3 Å². The molecule has 0 unspecified atom stereocenters. The number of aromatic nitrogens is 3. The molecule has 1 aromatic carbocycles. The van der Waals surface area contributed by atoms with Gasteiger partial charge in [0.1, 0.15) is 29.8 Å². The smallest absolute Gasteiger partial charge is 0.418 e. The van der Waals surface area contributed by atoms with Crippen LogP contribution in [-0.4, -0.2) is 77.1 Å². The second kappa shape index (κ2) is 10.4. The second-order valence-corrected chi connectivity index (χ2v) is 11.3. The number of pyridine rings is 1. The molecular weight excluding hydrogens is 571 g/mol. The van der Waals surface area contributed by atoms with E-state index in [-0.39, 0.29) is 35.2 Å². The largest absolute Gasteiger partial charge is 0.461 e. The number of nitrogens with zero attached hydrogens (tertiary/aromatic N) is 5. The lowest BCUT2D eigenvalue weighted by molar-refractivity contribution is -0.137. The molecule has 2 N–H and O–H groups in total. The Morgan fingerprint density at radius 2 is 2.05 bits per heavy atom. The fraction of sp³-hybridized carbons (Fsp3) is 0.519. The minimum atomic E-state index is -4.90. The first-order valence-corrected chi connectivity index (χ1v) is 13.7. The van der Waals surface area contributed by atoms with E-state index in [1.807, 2.05) is 11.8 Å². The van der Waals surface area contributed by atoms with Crippen molar-refractivity contribution in [2.45, 2.75) is 50.1 Å². The average Bonchev–Trinajstić information content (AvgIpc) is 3.42. The van der Waals surface area contributed by atoms with E-state index in [1.165, 1.54) is 6.20 Å². The molecule has 0 bridgehead atoms.